The van der Waals surface area contributed by atoms with Crippen LogP contribution in [-0.2, 0) is 11.3 Å². The molecule has 1 aliphatic carbocycles. The van der Waals surface area contributed by atoms with Gasteiger partial charge in [0.25, 0.3) is 0 Å². The van der Waals surface area contributed by atoms with Crippen molar-refractivity contribution in [3.63, 3.8) is 0 Å². The van der Waals surface area contributed by atoms with Gasteiger partial charge in [0, 0.05) is 11.6 Å². The monoisotopic (exact) mass is 303 g/mol. The summed E-state index contributed by atoms with van der Waals surface area (Å²) in [6.45, 7) is 9.22. The molecule has 3 rings (SSSR count). The SMILES string of the molecule is CCN(CC)[C@@H]1[C@@H](Oc2ccc3c(c2)COC3=O)CC[C@@H]1C. The van der Waals surface area contributed by atoms with Gasteiger partial charge < -0.3 is 9.47 Å². The number of hydrogen-bond acceptors (Lipinski definition) is 4. The van der Waals surface area contributed by atoms with E-state index in [1.807, 2.05) is 18.2 Å². The highest BCUT2D eigenvalue weighted by molar-refractivity contribution is 5.93. The molecular formula is C18H25NO3. The van der Waals surface area contributed by atoms with Crippen LogP contribution in [0.25, 0.3) is 0 Å². The molecule has 1 aromatic rings. The Bertz CT molecular complexity index is 553. The van der Waals surface area contributed by atoms with Crippen molar-refractivity contribution in [2.24, 2.45) is 5.92 Å². The summed E-state index contributed by atoms with van der Waals surface area (Å²) in [4.78, 5) is 14.0. The number of likely N-dealkylation sites (N-methyl/N-ethyl adjacent to an activating group) is 1. The number of nitrogens with zero attached hydrogens (tertiary/aromatic N) is 1. The third kappa shape index (κ3) is 2.72. The highest BCUT2D eigenvalue weighted by Gasteiger charge is 2.38. The average molecular weight is 303 g/mol. The first kappa shape index (κ1) is 15.3. The van der Waals surface area contributed by atoms with Gasteiger partial charge in [-0.2, -0.15) is 0 Å². The van der Waals surface area contributed by atoms with Crippen molar-refractivity contribution in [1.82, 2.24) is 4.90 Å². The predicted molar refractivity (Wildman–Crippen MR) is 85.1 cm³/mol. The van der Waals surface area contributed by atoms with Crippen LogP contribution < -0.4 is 4.74 Å². The van der Waals surface area contributed by atoms with Gasteiger partial charge >= 0.3 is 5.97 Å². The molecule has 1 saturated carbocycles. The molecule has 0 saturated heterocycles. The third-order valence-corrected chi connectivity index (χ3v) is 5.05. The van der Waals surface area contributed by atoms with E-state index in [2.05, 4.69) is 25.7 Å². The van der Waals surface area contributed by atoms with E-state index < -0.39 is 0 Å². The molecule has 0 amide bonds. The van der Waals surface area contributed by atoms with Crippen LogP contribution in [0.15, 0.2) is 18.2 Å². The molecule has 1 aromatic carbocycles. The number of esters is 1. The minimum Gasteiger partial charge on any atom is -0.489 e. The summed E-state index contributed by atoms with van der Waals surface area (Å²) < 4.78 is 11.4. The molecule has 0 radical (unpaired) electrons. The minimum absolute atomic E-state index is 0.225. The maximum atomic E-state index is 11.5. The van der Waals surface area contributed by atoms with Gasteiger partial charge in [0.1, 0.15) is 18.5 Å². The second-order valence-electron chi connectivity index (χ2n) is 6.32. The van der Waals surface area contributed by atoms with Crippen LogP contribution in [0.3, 0.4) is 0 Å². The molecular weight excluding hydrogens is 278 g/mol. The lowest BCUT2D eigenvalue weighted by atomic mass is 10.0. The number of carbonyl (C=O) groups is 1. The van der Waals surface area contributed by atoms with Crippen molar-refractivity contribution in [2.45, 2.75) is 52.4 Å². The first-order valence-electron chi connectivity index (χ1n) is 8.34. The number of benzene rings is 1. The molecule has 1 heterocycles. The van der Waals surface area contributed by atoms with E-state index in [-0.39, 0.29) is 12.1 Å². The summed E-state index contributed by atoms with van der Waals surface area (Å²) in [5, 5.41) is 0. The zero-order chi connectivity index (χ0) is 15.7. The maximum absolute atomic E-state index is 11.5. The maximum Gasteiger partial charge on any atom is 0.338 e. The van der Waals surface area contributed by atoms with E-state index in [1.54, 1.807) is 0 Å². The van der Waals surface area contributed by atoms with E-state index in [9.17, 15) is 4.79 Å². The van der Waals surface area contributed by atoms with Gasteiger partial charge in [-0.3, -0.25) is 4.90 Å². The Balaban J connectivity index is 1.76. The smallest absolute Gasteiger partial charge is 0.338 e. The molecule has 4 heteroatoms. The Morgan fingerprint density at radius 3 is 2.77 bits per heavy atom. The summed E-state index contributed by atoms with van der Waals surface area (Å²) in [5.74, 6) is 1.29. The zero-order valence-electron chi connectivity index (χ0n) is 13.7. The molecule has 1 aliphatic heterocycles. The van der Waals surface area contributed by atoms with Crippen LogP contribution in [0, 0.1) is 5.92 Å². The Morgan fingerprint density at radius 1 is 1.27 bits per heavy atom. The highest BCUT2D eigenvalue weighted by Crippen LogP contribution is 2.34. The summed E-state index contributed by atoms with van der Waals surface area (Å²) in [6, 6.07) is 6.15. The zero-order valence-corrected chi connectivity index (χ0v) is 13.7. The molecule has 0 aromatic heterocycles. The van der Waals surface area contributed by atoms with Gasteiger partial charge in [-0.1, -0.05) is 20.8 Å². The minimum atomic E-state index is -0.225. The van der Waals surface area contributed by atoms with E-state index in [1.165, 1.54) is 6.42 Å². The molecule has 120 valence electrons. The fourth-order valence-corrected chi connectivity index (χ4v) is 3.86. The molecule has 22 heavy (non-hydrogen) atoms. The second-order valence-corrected chi connectivity index (χ2v) is 6.32. The van der Waals surface area contributed by atoms with E-state index in [4.69, 9.17) is 9.47 Å². The largest absolute Gasteiger partial charge is 0.489 e. The Morgan fingerprint density at radius 2 is 2.05 bits per heavy atom. The number of hydrogen-bond donors (Lipinski definition) is 0. The summed E-state index contributed by atoms with van der Waals surface area (Å²) >= 11 is 0. The lowest BCUT2D eigenvalue weighted by Crippen LogP contribution is -2.45. The van der Waals surface area contributed by atoms with Crippen LogP contribution >= 0.6 is 0 Å². The number of rotatable bonds is 5. The summed E-state index contributed by atoms with van der Waals surface area (Å²) in [7, 11) is 0. The van der Waals surface area contributed by atoms with Gasteiger partial charge in [-0.05, 0) is 50.0 Å². The lowest BCUT2D eigenvalue weighted by Gasteiger charge is -2.34. The molecule has 4 nitrogen and oxygen atoms in total. The van der Waals surface area contributed by atoms with Crippen molar-refractivity contribution < 1.29 is 14.3 Å². The van der Waals surface area contributed by atoms with Crippen molar-refractivity contribution in [3.8, 4) is 5.75 Å². The van der Waals surface area contributed by atoms with Crippen LogP contribution in [0.4, 0.5) is 0 Å². The number of fused-ring (bicyclic) bond motifs is 1. The van der Waals surface area contributed by atoms with Crippen molar-refractivity contribution in [1.29, 1.82) is 0 Å². The molecule has 0 bridgehead atoms. The standard InChI is InChI=1S/C18H25NO3/c1-4-19(5-2)17-12(3)6-9-16(17)22-14-7-8-15-13(10-14)11-21-18(15)20/h7-8,10,12,16-17H,4-6,9,11H2,1-3H3/t12-,16-,17-/m0/s1. The Kier molecular flexibility index (Phi) is 4.39. The molecule has 0 spiro atoms. The summed E-state index contributed by atoms with van der Waals surface area (Å²) in [6.07, 6.45) is 2.53. The lowest BCUT2D eigenvalue weighted by molar-refractivity contribution is 0.0534. The number of ether oxygens (including phenoxy) is 2. The molecule has 0 unspecified atom stereocenters. The molecule has 1 fully saturated rings. The topological polar surface area (TPSA) is 38.8 Å². The van der Waals surface area contributed by atoms with Crippen LogP contribution in [-0.4, -0.2) is 36.1 Å². The normalized spacial score (nSPS) is 27.1. The quantitative estimate of drug-likeness (QED) is 0.783. The van der Waals surface area contributed by atoms with Crippen molar-refractivity contribution >= 4 is 5.97 Å². The van der Waals surface area contributed by atoms with Crippen LogP contribution in [0.2, 0.25) is 0 Å². The van der Waals surface area contributed by atoms with Gasteiger partial charge in [0.15, 0.2) is 0 Å². The number of cyclic esters (lactones) is 1. The fraction of sp³-hybridized carbons (Fsp3) is 0.611. The van der Waals surface area contributed by atoms with Crippen molar-refractivity contribution in [2.75, 3.05) is 13.1 Å². The van der Waals surface area contributed by atoms with E-state index >= 15 is 0 Å². The van der Waals surface area contributed by atoms with Gasteiger partial charge in [0.05, 0.1) is 5.56 Å². The first-order valence-corrected chi connectivity index (χ1v) is 8.34. The third-order valence-electron chi connectivity index (χ3n) is 5.05. The predicted octanol–water partition coefficient (Wildman–Crippen LogP) is 3.24. The first-order chi connectivity index (χ1) is 10.6. The van der Waals surface area contributed by atoms with Crippen LogP contribution in [0.5, 0.6) is 5.75 Å². The highest BCUT2D eigenvalue weighted by atomic mass is 16.5. The summed E-state index contributed by atoms with van der Waals surface area (Å²) in [5.41, 5.74) is 1.61. The Labute approximate surface area is 132 Å². The molecule has 2 aliphatic rings. The second kappa shape index (κ2) is 6.29. The van der Waals surface area contributed by atoms with E-state index in [0.29, 0.717) is 24.1 Å². The number of carbonyl (C=O) groups excluding carboxylic acids is 1. The molecule has 3 atom stereocenters. The average Bonchev–Trinajstić information content (AvgIpc) is 3.06. The van der Waals surface area contributed by atoms with Crippen molar-refractivity contribution in [3.05, 3.63) is 29.3 Å². The van der Waals surface area contributed by atoms with Gasteiger partial charge in [0.2, 0.25) is 0 Å². The Hall–Kier alpha value is -1.55. The van der Waals surface area contributed by atoms with Gasteiger partial charge in [-0.25, -0.2) is 4.79 Å². The fourth-order valence-electron chi connectivity index (χ4n) is 3.86. The van der Waals surface area contributed by atoms with E-state index in [0.717, 1.165) is 30.8 Å². The molecule has 0 N–H and O–H groups in total. The van der Waals surface area contributed by atoms with Gasteiger partial charge in [-0.15, -0.1) is 0 Å². The van der Waals surface area contributed by atoms with Crippen LogP contribution in [0.1, 0.15) is 49.5 Å².